The predicted molar refractivity (Wildman–Crippen MR) is 131 cm³/mol. The molecule has 0 spiro atoms. The second-order valence-electron chi connectivity index (χ2n) is 7.43. The smallest absolute Gasteiger partial charge is 0.116 e. The highest BCUT2D eigenvalue weighted by Crippen LogP contribution is 2.50. The van der Waals surface area contributed by atoms with E-state index in [1.807, 2.05) is 0 Å². The molecule has 0 unspecified atom stereocenters. The first kappa shape index (κ1) is 17.5. The molecule has 0 atom stereocenters. The van der Waals surface area contributed by atoms with E-state index in [0.717, 1.165) is 38.4 Å². The number of hydrogen-bond donors (Lipinski definition) is 0. The van der Waals surface area contributed by atoms with Gasteiger partial charge in [-0.25, -0.2) is 0 Å². The fourth-order valence-electron chi connectivity index (χ4n) is 4.40. The van der Waals surface area contributed by atoms with Crippen molar-refractivity contribution in [2.24, 2.45) is 8.73 Å². The average molecular weight is 456 g/mol. The van der Waals surface area contributed by atoms with Crippen molar-refractivity contribution in [3.05, 3.63) is 66.2 Å². The maximum absolute atomic E-state index is 4.62. The highest BCUT2D eigenvalue weighted by Gasteiger charge is 2.24. The van der Waals surface area contributed by atoms with Crippen LogP contribution in [0, 0.1) is 6.92 Å². The Hall–Kier alpha value is -3.20. The zero-order chi connectivity index (χ0) is 20.5. The third-order valence-electron chi connectivity index (χ3n) is 5.80. The van der Waals surface area contributed by atoms with Gasteiger partial charge in [-0.15, -0.1) is 11.3 Å². The Morgan fingerprint density at radius 3 is 2.19 bits per heavy atom. The molecule has 0 N–H and O–H groups in total. The lowest BCUT2D eigenvalue weighted by Crippen LogP contribution is -1.89. The van der Waals surface area contributed by atoms with Crippen LogP contribution in [0.4, 0.5) is 11.4 Å². The van der Waals surface area contributed by atoms with Gasteiger partial charge in [0.05, 0.1) is 34.1 Å². The van der Waals surface area contributed by atoms with Gasteiger partial charge in [-0.3, -0.25) is 0 Å². The Kier molecular flexibility index (Phi) is 3.61. The standard InChI is InChI=1S/C23H13N5S3/c1-12-20-22(26-30-24-20)19(23-21(12)25-31-27-23)17-10-11-18(29-17)28-15-8-4-2-6-13(15)14-7-3-5-9-16(14)28/h2-11H,1H3. The molecule has 31 heavy (non-hydrogen) atoms. The number of aromatic nitrogens is 3. The molecule has 1 aliphatic heterocycles. The maximum Gasteiger partial charge on any atom is 0.116 e. The summed E-state index contributed by atoms with van der Waals surface area (Å²) in [6.07, 6.45) is 0. The number of thiophene rings is 1. The molecule has 4 heterocycles. The first-order valence-electron chi connectivity index (χ1n) is 9.77. The Morgan fingerprint density at radius 1 is 0.742 bits per heavy atom. The van der Waals surface area contributed by atoms with Crippen LogP contribution in [0.3, 0.4) is 0 Å². The highest BCUT2D eigenvalue weighted by atomic mass is 32.1. The van der Waals surface area contributed by atoms with Gasteiger partial charge in [0.25, 0.3) is 0 Å². The fraction of sp³-hybridized carbons (Fsp3) is 0.0435. The van der Waals surface area contributed by atoms with Crippen molar-refractivity contribution in [1.29, 1.82) is 0 Å². The van der Waals surface area contributed by atoms with Gasteiger partial charge in [0, 0.05) is 26.8 Å². The maximum atomic E-state index is 4.62. The third-order valence-corrected chi connectivity index (χ3v) is 7.94. The Balaban J connectivity index is 1.52. The Bertz CT molecular complexity index is 1690. The molecular weight excluding hydrogens is 442 g/mol. The lowest BCUT2D eigenvalue weighted by atomic mass is 10.0. The van der Waals surface area contributed by atoms with Crippen molar-refractivity contribution in [3.63, 3.8) is 0 Å². The van der Waals surface area contributed by atoms with E-state index in [9.17, 15) is 0 Å². The number of hydrogen-bond acceptors (Lipinski definition) is 6. The van der Waals surface area contributed by atoms with E-state index in [2.05, 4.69) is 89.6 Å². The van der Waals surface area contributed by atoms with Crippen LogP contribution >= 0.6 is 23.1 Å². The van der Waals surface area contributed by atoms with E-state index in [1.54, 1.807) is 11.3 Å². The first-order chi connectivity index (χ1) is 15.3. The summed E-state index contributed by atoms with van der Waals surface area (Å²) in [4.78, 5) is 1.13. The molecule has 0 bridgehead atoms. The summed E-state index contributed by atoms with van der Waals surface area (Å²) >= 11 is 4.24. The second kappa shape index (κ2) is 6.40. The minimum atomic E-state index is 0.915. The van der Waals surface area contributed by atoms with Gasteiger partial charge < -0.3 is 4.57 Å². The summed E-state index contributed by atoms with van der Waals surface area (Å²) in [7, 11) is 0. The van der Waals surface area contributed by atoms with Gasteiger partial charge in [-0.05, 0) is 31.2 Å². The van der Waals surface area contributed by atoms with Gasteiger partial charge in [-0.2, -0.15) is 17.5 Å². The van der Waals surface area contributed by atoms with Crippen molar-refractivity contribution in [1.82, 2.24) is 13.3 Å². The van der Waals surface area contributed by atoms with Gasteiger partial charge in [0.2, 0.25) is 0 Å². The van der Waals surface area contributed by atoms with Gasteiger partial charge in [0.1, 0.15) is 27.4 Å². The van der Waals surface area contributed by atoms with E-state index in [-0.39, 0.29) is 0 Å². The van der Waals surface area contributed by atoms with Crippen LogP contribution in [0.2, 0.25) is 0 Å². The molecule has 0 saturated heterocycles. The van der Waals surface area contributed by atoms with Crippen molar-refractivity contribution in [3.8, 4) is 15.4 Å². The van der Waals surface area contributed by atoms with Crippen LogP contribution < -0.4 is 0 Å². The molecule has 3 aromatic carbocycles. The molecule has 148 valence electrons. The Labute approximate surface area is 188 Å². The zero-order valence-electron chi connectivity index (χ0n) is 16.2. The monoisotopic (exact) mass is 455 g/mol. The SMILES string of the molecule is Cc1c2c(c(-c3ccc(-n4c5ccccc5c5ccccc54)s3)c3nsnc13)N=S=N2. The molecule has 7 rings (SSSR count). The van der Waals surface area contributed by atoms with Crippen molar-refractivity contribution < 1.29 is 0 Å². The van der Waals surface area contributed by atoms with Gasteiger partial charge in [0.15, 0.2) is 0 Å². The minimum Gasteiger partial charge on any atom is -0.301 e. The van der Waals surface area contributed by atoms with Crippen LogP contribution in [0.1, 0.15) is 5.56 Å². The molecule has 1 aliphatic rings. The molecule has 0 saturated carbocycles. The molecular formula is C23H13N5S3. The summed E-state index contributed by atoms with van der Waals surface area (Å²) < 4.78 is 20.7. The fourth-order valence-corrected chi connectivity index (χ4v) is 6.69. The number of fused-ring (bicyclic) bond motifs is 5. The molecule has 8 heteroatoms. The first-order valence-corrected chi connectivity index (χ1v) is 12.0. The van der Waals surface area contributed by atoms with Crippen LogP contribution in [-0.2, 0) is 11.4 Å². The normalized spacial score (nSPS) is 12.8. The number of rotatable bonds is 2. The minimum absolute atomic E-state index is 0.915. The summed E-state index contributed by atoms with van der Waals surface area (Å²) in [6.45, 7) is 2.05. The zero-order valence-corrected chi connectivity index (χ0v) is 18.7. The lowest BCUT2D eigenvalue weighted by Gasteiger charge is -2.07. The van der Waals surface area contributed by atoms with E-state index < -0.39 is 0 Å². The summed E-state index contributed by atoms with van der Waals surface area (Å²) in [6, 6.07) is 21.5. The van der Waals surface area contributed by atoms with E-state index in [0.29, 0.717) is 0 Å². The van der Waals surface area contributed by atoms with Gasteiger partial charge in [-0.1, -0.05) is 36.4 Å². The summed E-state index contributed by atoms with van der Waals surface area (Å²) in [5.74, 6) is 0. The molecule has 0 aliphatic carbocycles. The van der Waals surface area contributed by atoms with Crippen molar-refractivity contribution in [2.45, 2.75) is 6.92 Å². The number of aryl methyl sites for hydroxylation is 1. The van der Waals surface area contributed by atoms with Crippen molar-refractivity contribution in [2.75, 3.05) is 0 Å². The van der Waals surface area contributed by atoms with E-state index >= 15 is 0 Å². The topological polar surface area (TPSA) is 55.4 Å². The van der Waals surface area contributed by atoms with E-state index in [4.69, 9.17) is 0 Å². The molecule has 0 radical (unpaired) electrons. The Morgan fingerprint density at radius 2 is 1.42 bits per heavy atom. The quantitative estimate of drug-likeness (QED) is 0.270. The average Bonchev–Trinajstić information content (AvgIpc) is 3.59. The van der Waals surface area contributed by atoms with Crippen LogP contribution in [-0.4, -0.2) is 13.3 Å². The van der Waals surface area contributed by atoms with Crippen molar-refractivity contribution >= 4 is 78.6 Å². The lowest BCUT2D eigenvalue weighted by molar-refractivity contribution is 1.22. The van der Waals surface area contributed by atoms with Crippen LogP contribution in [0.15, 0.2) is 69.4 Å². The molecule has 3 aromatic heterocycles. The largest absolute Gasteiger partial charge is 0.301 e. The summed E-state index contributed by atoms with van der Waals surface area (Å²) in [5.41, 5.74) is 8.19. The molecule has 5 nitrogen and oxygen atoms in total. The molecule has 0 amide bonds. The van der Waals surface area contributed by atoms with E-state index in [1.165, 1.54) is 49.9 Å². The molecule has 6 aromatic rings. The predicted octanol–water partition coefficient (Wildman–Crippen LogP) is 7.55. The van der Waals surface area contributed by atoms with Crippen LogP contribution in [0.25, 0.3) is 48.3 Å². The summed E-state index contributed by atoms with van der Waals surface area (Å²) in [5, 5.41) is 3.70. The third kappa shape index (κ3) is 2.35. The highest BCUT2D eigenvalue weighted by molar-refractivity contribution is 7.58. The number of benzene rings is 3. The second-order valence-corrected chi connectivity index (χ2v) is 9.55. The number of para-hydroxylation sites is 2. The van der Waals surface area contributed by atoms with Crippen LogP contribution in [0.5, 0.6) is 0 Å². The number of nitrogens with zero attached hydrogens (tertiary/aromatic N) is 5. The molecule has 0 fully saturated rings. The van der Waals surface area contributed by atoms with Gasteiger partial charge >= 0.3 is 0 Å².